The fraction of sp³-hybridized carbons (Fsp3) is 0.556. The number of carbonyl (C=O) groups is 2. The molecule has 128 valence electrons. The fourth-order valence-electron chi connectivity index (χ4n) is 2.18. The van der Waals surface area contributed by atoms with Gasteiger partial charge in [0.25, 0.3) is 0 Å². The van der Waals surface area contributed by atoms with Gasteiger partial charge >= 0.3 is 6.09 Å². The van der Waals surface area contributed by atoms with Crippen LogP contribution >= 0.6 is 0 Å². The number of ketones is 1. The monoisotopic (exact) mass is 321 g/mol. The van der Waals surface area contributed by atoms with Gasteiger partial charge in [0.1, 0.15) is 5.60 Å². The van der Waals surface area contributed by atoms with Crippen molar-refractivity contribution < 1.29 is 19.1 Å². The summed E-state index contributed by atoms with van der Waals surface area (Å²) in [5.41, 5.74) is 1.04. The van der Waals surface area contributed by atoms with E-state index in [1.54, 1.807) is 33.9 Å². The molecule has 0 aromatic heterocycles. The number of hydrogen-bond donors (Lipinski definition) is 1. The van der Waals surface area contributed by atoms with Gasteiger partial charge in [0, 0.05) is 31.7 Å². The van der Waals surface area contributed by atoms with Gasteiger partial charge in [-0.1, -0.05) is 24.3 Å². The smallest absolute Gasteiger partial charge is 0.407 e. The van der Waals surface area contributed by atoms with Gasteiger partial charge in [-0.05, 0) is 39.7 Å². The third kappa shape index (κ3) is 7.28. The van der Waals surface area contributed by atoms with Gasteiger partial charge in [0.05, 0.1) is 0 Å². The number of ether oxygens (including phenoxy) is 2. The van der Waals surface area contributed by atoms with Crippen LogP contribution in [0.5, 0.6) is 0 Å². The number of Topliss-reactive ketones (excluding diaryl/α,β-unsaturated/α-hetero) is 1. The van der Waals surface area contributed by atoms with Crippen LogP contribution < -0.4 is 5.32 Å². The summed E-state index contributed by atoms with van der Waals surface area (Å²) in [4.78, 5) is 24.4. The summed E-state index contributed by atoms with van der Waals surface area (Å²) in [7, 11) is 1.59. The van der Waals surface area contributed by atoms with E-state index in [9.17, 15) is 9.59 Å². The number of rotatable bonds is 7. The molecule has 1 aromatic carbocycles. The van der Waals surface area contributed by atoms with E-state index >= 15 is 0 Å². The van der Waals surface area contributed by atoms with Crippen LogP contribution in [0.3, 0.4) is 0 Å². The Morgan fingerprint density at radius 1 is 1.22 bits per heavy atom. The molecule has 1 unspecified atom stereocenters. The molecular weight excluding hydrogens is 294 g/mol. The summed E-state index contributed by atoms with van der Waals surface area (Å²) < 4.78 is 10.3. The number of amides is 1. The van der Waals surface area contributed by atoms with Crippen LogP contribution in [0.25, 0.3) is 0 Å². The summed E-state index contributed by atoms with van der Waals surface area (Å²) in [6, 6.07) is 7.12. The molecule has 0 aliphatic carbocycles. The van der Waals surface area contributed by atoms with E-state index < -0.39 is 11.7 Å². The number of methoxy groups -OCH3 is 1. The van der Waals surface area contributed by atoms with Crippen LogP contribution in [0, 0.1) is 6.92 Å². The Bertz CT molecular complexity index is 534. The quantitative estimate of drug-likeness (QED) is 0.781. The Balaban J connectivity index is 2.72. The van der Waals surface area contributed by atoms with E-state index in [4.69, 9.17) is 9.47 Å². The lowest BCUT2D eigenvalue weighted by atomic mass is 9.98. The van der Waals surface area contributed by atoms with Gasteiger partial charge in [-0.2, -0.15) is 0 Å². The van der Waals surface area contributed by atoms with Crippen LogP contribution in [0.1, 0.15) is 49.5 Å². The first-order valence-electron chi connectivity index (χ1n) is 7.80. The number of carbonyl (C=O) groups excluding carboxylic acids is 2. The first kappa shape index (κ1) is 19.2. The maximum Gasteiger partial charge on any atom is 0.407 e. The molecule has 1 amide bonds. The SMILES string of the molecule is COCCC(CC(=O)c1ccccc1C)NC(=O)OC(C)(C)C. The Morgan fingerprint density at radius 2 is 1.87 bits per heavy atom. The van der Waals surface area contributed by atoms with Crippen LogP contribution in [0.15, 0.2) is 24.3 Å². The Kier molecular flexibility index (Phi) is 7.23. The molecule has 1 atom stereocenters. The van der Waals surface area contributed by atoms with Gasteiger partial charge in [0.15, 0.2) is 5.78 Å². The lowest BCUT2D eigenvalue weighted by molar-refractivity contribution is 0.0490. The summed E-state index contributed by atoms with van der Waals surface area (Å²) in [5, 5.41) is 2.77. The molecule has 0 bridgehead atoms. The van der Waals surface area contributed by atoms with Crippen LogP contribution in [-0.2, 0) is 9.47 Å². The molecule has 0 saturated carbocycles. The standard InChI is InChI=1S/C18H27NO4/c1-13-8-6-7-9-15(13)16(20)12-14(10-11-22-5)19-17(21)23-18(2,3)4/h6-9,14H,10-12H2,1-5H3,(H,19,21). The zero-order valence-electron chi connectivity index (χ0n) is 14.6. The second-order valence-electron chi connectivity index (χ2n) is 6.57. The minimum atomic E-state index is -0.573. The fourth-order valence-corrected chi connectivity index (χ4v) is 2.18. The maximum absolute atomic E-state index is 12.5. The summed E-state index contributed by atoms with van der Waals surface area (Å²) >= 11 is 0. The summed E-state index contributed by atoms with van der Waals surface area (Å²) in [6.07, 6.45) is 0.247. The van der Waals surface area contributed by atoms with Crippen LogP contribution in [-0.4, -0.2) is 37.2 Å². The normalized spacial score (nSPS) is 12.6. The van der Waals surface area contributed by atoms with E-state index in [0.717, 1.165) is 5.56 Å². The molecule has 23 heavy (non-hydrogen) atoms. The van der Waals surface area contributed by atoms with Crippen LogP contribution in [0.4, 0.5) is 4.79 Å². The molecule has 0 fully saturated rings. The number of nitrogens with one attached hydrogen (secondary N) is 1. The lowest BCUT2D eigenvalue weighted by Crippen LogP contribution is -2.40. The van der Waals surface area contributed by atoms with Gasteiger partial charge in [0.2, 0.25) is 0 Å². The van der Waals surface area contributed by atoms with Crippen molar-refractivity contribution in [3.63, 3.8) is 0 Å². The molecule has 0 spiro atoms. The molecule has 0 aliphatic rings. The van der Waals surface area contributed by atoms with E-state index in [2.05, 4.69) is 5.32 Å². The highest BCUT2D eigenvalue weighted by Gasteiger charge is 2.22. The molecular formula is C18H27NO4. The molecule has 0 saturated heterocycles. The van der Waals surface area contributed by atoms with Crippen molar-refractivity contribution >= 4 is 11.9 Å². The highest BCUT2D eigenvalue weighted by atomic mass is 16.6. The maximum atomic E-state index is 12.5. The zero-order chi connectivity index (χ0) is 17.5. The van der Waals surface area contributed by atoms with Crippen molar-refractivity contribution in [3.8, 4) is 0 Å². The third-order valence-corrected chi connectivity index (χ3v) is 3.27. The van der Waals surface area contributed by atoms with E-state index in [1.807, 2.05) is 25.1 Å². The van der Waals surface area contributed by atoms with Crippen molar-refractivity contribution in [2.75, 3.05) is 13.7 Å². The predicted octanol–water partition coefficient (Wildman–Crippen LogP) is 3.50. The molecule has 0 radical (unpaired) electrons. The molecule has 0 heterocycles. The highest BCUT2D eigenvalue weighted by Crippen LogP contribution is 2.13. The molecule has 5 nitrogen and oxygen atoms in total. The van der Waals surface area contributed by atoms with Crippen molar-refractivity contribution in [1.82, 2.24) is 5.32 Å². The molecule has 0 aliphatic heterocycles. The number of benzene rings is 1. The second-order valence-corrected chi connectivity index (χ2v) is 6.57. The summed E-state index contributed by atoms with van der Waals surface area (Å²) in [6.45, 7) is 7.76. The first-order valence-corrected chi connectivity index (χ1v) is 7.80. The topological polar surface area (TPSA) is 64.6 Å². The van der Waals surface area contributed by atoms with Crippen molar-refractivity contribution in [1.29, 1.82) is 0 Å². The highest BCUT2D eigenvalue weighted by molar-refractivity contribution is 5.97. The van der Waals surface area contributed by atoms with Gasteiger partial charge < -0.3 is 14.8 Å². The molecule has 1 rings (SSSR count). The average Bonchev–Trinajstić information content (AvgIpc) is 2.43. The Hall–Kier alpha value is -1.88. The van der Waals surface area contributed by atoms with Crippen LogP contribution in [0.2, 0.25) is 0 Å². The number of hydrogen-bond acceptors (Lipinski definition) is 4. The lowest BCUT2D eigenvalue weighted by Gasteiger charge is -2.23. The molecule has 1 aromatic rings. The van der Waals surface area contributed by atoms with Crippen molar-refractivity contribution in [2.45, 2.75) is 52.2 Å². The van der Waals surface area contributed by atoms with E-state index in [0.29, 0.717) is 18.6 Å². The third-order valence-electron chi connectivity index (χ3n) is 3.27. The predicted molar refractivity (Wildman–Crippen MR) is 89.8 cm³/mol. The van der Waals surface area contributed by atoms with Gasteiger partial charge in [-0.15, -0.1) is 0 Å². The number of aryl methyl sites for hydroxylation is 1. The van der Waals surface area contributed by atoms with Gasteiger partial charge in [-0.25, -0.2) is 4.79 Å². The molecule has 1 N–H and O–H groups in total. The van der Waals surface area contributed by atoms with Crippen molar-refractivity contribution in [3.05, 3.63) is 35.4 Å². The second kappa shape index (κ2) is 8.67. The number of alkyl carbamates (subject to hydrolysis) is 1. The average molecular weight is 321 g/mol. The first-order chi connectivity index (χ1) is 10.7. The van der Waals surface area contributed by atoms with E-state index in [1.165, 1.54) is 0 Å². The molecule has 5 heteroatoms. The van der Waals surface area contributed by atoms with E-state index in [-0.39, 0.29) is 18.2 Å². The minimum Gasteiger partial charge on any atom is -0.444 e. The van der Waals surface area contributed by atoms with Gasteiger partial charge in [-0.3, -0.25) is 4.79 Å². The van der Waals surface area contributed by atoms with Crippen molar-refractivity contribution in [2.24, 2.45) is 0 Å². The largest absolute Gasteiger partial charge is 0.444 e. The zero-order valence-corrected chi connectivity index (χ0v) is 14.6. The Morgan fingerprint density at radius 3 is 2.43 bits per heavy atom. The summed E-state index contributed by atoms with van der Waals surface area (Å²) in [5.74, 6) is 0.000242. The Labute approximate surface area is 138 Å². The minimum absolute atomic E-state index is 0.000242.